The second-order valence-electron chi connectivity index (χ2n) is 4.20. The molecule has 2 aromatic rings. The third-order valence-corrected chi connectivity index (χ3v) is 3.75. The van der Waals surface area contributed by atoms with Crippen molar-refractivity contribution in [1.82, 2.24) is 5.32 Å². The van der Waals surface area contributed by atoms with E-state index in [9.17, 15) is 4.39 Å². The lowest BCUT2D eigenvalue weighted by Gasteiger charge is -2.10. The second kappa shape index (κ2) is 6.03. The first-order valence-corrected chi connectivity index (χ1v) is 6.68. The highest BCUT2D eigenvalue weighted by Crippen LogP contribution is 2.31. The second-order valence-corrected chi connectivity index (χ2v) is 5.31. The lowest BCUT2D eigenvalue weighted by atomic mass is 10.1. The molecule has 3 heteroatoms. The van der Waals surface area contributed by atoms with Crippen LogP contribution in [0.15, 0.2) is 52.3 Å². The summed E-state index contributed by atoms with van der Waals surface area (Å²) in [6.07, 6.45) is 0. The Labute approximate surface area is 111 Å². The van der Waals surface area contributed by atoms with Crippen molar-refractivity contribution >= 4 is 11.8 Å². The van der Waals surface area contributed by atoms with E-state index in [-0.39, 0.29) is 5.82 Å². The highest BCUT2D eigenvalue weighted by Gasteiger charge is 2.04. The molecule has 0 bridgehead atoms. The van der Waals surface area contributed by atoms with Crippen molar-refractivity contribution in [2.75, 3.05) is 7.05 Å². The van der Waals surface area contributed by atoms with Gasteiger partial charge < -0.3 is 5.32 Å². The van der Waals surface area contributed by atoms with Gasteiger partial charge in [0.05, 0.1) is 0 Å². The molecule has 0 unspecified atom stereocenters. The summed E-state index contributed by atoms with van der Waals surface area (Å²) < 4.78 is 12.9. The molecule has 0 aliphatic rings. The Morgan fingerprint density at radius 2 is 1.83 bits per heavy atom. The molecule has 0 amide bonds. The molecule has 0 aromatic heterocycles. The fraction of sp³-hybridized carbons (Fsp3) is 0.200. The Morgan fingerprint density at radius 1 is 1.11 bits per heavy atom. The number of hydrogen-bond acceptors (Lipinski definition) is 2. The van der Waals surface area contributed by atoms with E-state index >= 15 is 0 Å². The summed E-state index contributed by atoms with van der Waals surface area (Å²) in [5, 5.41) is 3.17. The monoisotopic (exact) mass is 261 g/mol. The maximum Gasteiger partial charge on any atom is 0.123 e. The molecule has 0 aliphatic heterocycles. The average Bonchev–Trinajstić information content (AvgIpc) is 2.36. The number of rotatable bonds is 4. The molecule has 0 heterocycles. The molecule has 2 aromatic carbocycles. The van der Waals surface area contributed by atoms with Gasteiger partial charge in [-0.05, 0) is 49.9 Å². The SMILES string of the molecule is CNCc1cc(C)ccc1Sc1ccc(F)cc1. The van der Waals surface area contributed by atoms with E-state index in [1.165, 1.54) is 28.2 Å². The van der Waals surface area contributed by atoms with Gasteiger partial charge >= 0.3 is 0 Å². The van der Waals surface area contributed by atoms with E-state index in [4.69, 9.17) is 0 Å². The minimum Gasteiger partial charge on any atom is -0.316 e. The van der Waals surface area contributed by atoms with E-state index in [1.54, 1.807) is 11.8 Å². The summed E-state index contributed by atoms with van der Waals surface area (Å²) in [6.45, 7) is 2.93. The molecule has 0 saturated carbocycles. The average molecular weight is 261 g/mol. The van der Waals surface area contributed by atoms with E-state index in [2.05, 4.69) is 30.4 Å². The van der Waals surface area contributed by atoms with Crippen LogP contribution >= 0.6 is 11.8 Å². The number of benzene rings is 2. The van der Waals surface area contributed by atoms with Gasteiger partial charge in [0.15, 0.2) is 0 Å². The van der Waals surface area contributed by atoms with Crippen LogP contribution in [-0.2, 0) is 6.54 Å². The van der Waals surface area contributed by atoms with Crippen molar-refractivity contribution in [2.24, 2.45) is 0 Å². The summed E-state index contributed by atoms with van der Waals surface area (Å²) in [5.41, 5.74) is 2.52. The van der Waals surface area contributed by atoms with Gasteiger partial charge in [-0.2, -0.15) is 0 Å². The Kier molecular flexibility index (Phi) is 4.39. The van der Waals surface area contributed by atoms with Gasteiger partial charge in [-0.15, -0.1) is 0 Å². The molecule has 1 N–H and O–H groups in total. The Bertz CT molecular complexity index is 523. The standard InChI is InChI=1S/C15H16FNS/c1-11-3-8-15(12(9-11)10-17-2)18-14-6-4-13(16)5-7-14/h3-9,17H,10H2,1-2H3. The van der Waals surface area contributed by atoms with Crippen molar-refractivity contribution in [3.8, 4) is 0 Å². The molecule has 0 aliphatic carbocycles. The molecule has 94 valence electrons. The summed E-state index contributed by atoms with van der Waals surface area (Å²) in [5.74, 6) is -0.196. The van der Waals surface area contributed by atoms with Crippen LogP contribution in [0.3, 0.4) is 0 Å². The van der Waals surface area contributed by atoms with Gasteiger partial charge in [-0.3, -0.25) is 0 Å². The van der Waals surface area contributed by atoms with Gasteiger partial charge in [-0.1, -0.05) is 29.5 Å². The van der Waals surface area contributed by atoms with Crippen molar-refractivity contribution < 1.29 is 4.39 Å². The quantitative estimate of drug-likeness (QED) is 0.892. The summed E-state index contributed by atoms with van der Waals surface area (Å²) in [6, 6.07) is 13.0. The van der Waals surface area contributed by atoms with Crippen LogP contribution in [-0.4, -0.2) is 7.05 Å². The van der Waals surface area contributed by atoms with Crippen LogP contribution in [0, 0.1) is 12.7 Å². The number of hydrogen-bond donors (Lipinski definition) is 1. The summed E-state index contributed by atoms with van der Waals surface area (Å²) in [4.78, 5) is 2.26. The molecule has 18 heavy (non-hydrogen) atoms. The van der Waals surface area contributed by atoms with Crippen LogP contribution in [0.5, 0.6) is 0 Å². The minimum absolute atomic E-state index is 0.196. The normalized spacial score (nSPS) is 10.6. The maximum atomic E-state index is 12.9. The van der Waals surface area contributed by atoms with Crippen LogP contribution in [0.25, 0.3) is 0 Å². The van der Waals surface area contributed by atoms with Crippen molar-refractivity contribution in [3.63, 3.8) is 0 Å². The van der Waals surface area contributed by atoms with E-state index in [1.807, 2.05) is 19.2 Å². The van der Waals surface area contributed by atoms with Gasteiger partial charge in [0.2, 0.25) is 0 Å². The Morgan fingerprint density at radius 3 is 2.50 bits per heavy atom. The van der Waals surface area contributed by atoms with Crippen LogP contribution in [0.1, 0.15) is 11.1 Å². The number of nitrogens with one attached hydrogen (secondary N) is 1. The fourth-order valence-corrected chi connectivity index (χ4v) is 2.69. The molecular weight excluding hydrogens is 245 g/mol. The van der Waals surface area contributed by atoms with Gasteiger partial charge in [-0.25, -0.2) is 4.39 Å². The highest BCUT2D eigenvalue weighted by atomic mass is 32.2. The third-order valence-electron chi connectivity index (χ3n) is 2.62. The van der Waals surface area contributed by atoms with Gasteiger partial charge in [0.1, 0.15) is 5.82 Å². The number of aryl methyl sites for hydroxylation is 1. The fourth-order valence-electron chi connectivity index (χ4n) is 1.77. The zero-order chi connectivity index (χ0) is 13.0. The lowest BCUT2D eigenvalue weighted by Crippen LogP contribution is -2.06. The topological polar surface area (TPSA) is 12.0 Å². The van der Waals surface area contributed by atoms with Crippen LogP contribution < -0.4 is 5.32 Å². The largest absolute Gasteiger partial charge is 0.316 e. The lowest BCUT2D eigenvalue weighted by molar-refractivity contribution is 0.626. The maximum absolute atomic E-state index is 12.9. The first-order chi connectivity index (χ1) is 8.69. The molecule has 0 fully saturated rings. The summed E-state index contributed by atoms with van der Waals surface area (Å²) in [7, 11) is 1.94. The zero-order valence-electron chi connectivity index (χ0n) is 10.5. The van der Waals surface area contributed by atoms with Gasteiger partial charge in [0, 0.05) is 16.3 Å². The van der Waals surface area contributed by atoms with E-state index in [0.29, 0.717) is 0 Å². The minimum atomic E-state index is -0.196. The van der Waals surface area contributed by atoms with Crippen molar-refractivity contribution in [1.29, 1.82) is 0 Å². The van der Waals surface area contributed by atoms with E-state index < -0.39 is 0 Å². The van der Waals surface area contributed by atoms with E-state index in [0.717, 1.165) is 11.4 Å². The smallest absolute Gasteiger partial charge is 0.123 e. The summed E-state index contributed by atoms with van der Waals surface area (Å²) >= 11 is 1.66. The van der Waals surface area contributed by atoms with Crippen LogP contribution in [0.2, 0.25) is 0 Å². The molecule has 0 atom stereocenters. The number of halogens is 1. The molecular formula is C15H16FNS. The predicted molar refractivity (Wildman–Crippen MR) is 74.5 cm³/mol. The molecule has 2 rings (SSSR count). The third kappa shape index (κ3) is 3.34. The van der Waals surface area contributed by atoms with Crippen molar-refractivity contribution in [2.45, 2.75) is 23.3 Å². The van der Waals surface area contributed by atoms with Crippen LogP contribution in [0.4, 0.5) is 4.39 Å². The first-order valence-electron chi connectivity index (χ1n) is 5.86. The van der Waals surface area contributed by atoms with Crippen molar-refractivity contribution in [3.05, 3.63) is 59.4 Å². The highest BCUT2D eigenvalue weighted by molar-refractivity contribution is 7.99. The Balaban J connectivity index is 2.25. The molecule has 0 saturated heterocycles. The van der Waals surface area contributed by atoms with Gasteiger partial charge in [0.25, 0.3) is 0 Å². The Hall–Kier alpha value is -1.32. The predicted octanol–water partition coefficient (Wildman–Crippen LogP) is 4.00. The first kappa shape index (κ1) is 13.1. The molecule has 1 nitrogen and oxygen atoms in total. The zero-order valence-corrected chi connectivity index (χ0v) is 11.4. The molecule has 0 radical (unpaired) electrons. The molecule has 0 spiro atoms.